The molecule has 9 heteroatoms. The van der Waals surface area contributed by atoms with Crippen molar-refractivity contribution < 1.29 is 4.79 Å². The third-order valence-corrected chi connectivity index (χ3v) is 4.30. The van der Waals surface area contributed by atoms with E-state index in [-0.39, 0.29) is 11.6 Å². The highest BCUT2D eigenvalue weighted by atomic mass is 16.2. The minimum atomic E-state index is -0.358. The zero-order chi connectivity index (χ0) is 19.0. The van der Waals surface area contributed by atoms with Crippen molar-refractivity contribution in [3.63, 3.8) is 0 Å². The molecule has 138 valence electrons. The van der Waals surface area contributed by atoms with E-state index >= 15 is 0 Å². The molecule has 0 radical (unpaired) electrons. The van der Waals surface area contributed by atoms with Crippen LogP contribution in [0, 0.1) is 0 Å². The fourth-order valence-electron chi connectivity index (χ4n) is 2.91. The molecule has 1 aromatic carbocycles. The molecule has 1 amide bonds. The fraction of sp³-hybridized carbons (Fsp3) is 0.222. The Labute approximate surface area is 154 Å². The number of carbonyl (C=O) groups excluding carboxylic acids is 1. The number of nitrogens with one attached hydrogen (secondary N) is 2. The number of hydrogen-bond donors (Lipinski definition) is 2. The van der Waals surface area contributed by atoms with Crippen molar-refractivity contribution in [3.8, 4) is 5.69 Å². The normalized spacial score (nSPS) is 11.5. The van der Waals surface area contributed by atoms with Gasteiger partial charge in [0.05, 0.1) is 28.2 Å². The smallest absolute Gasteiger partial charge is 0.335 e. The number of amides is 1. The van der Waals surface area contributed by atoms with Gasteiger partial charge in [-0.25, -0.2) is 14.5 Å². The predicted octanol–water partition coefficient (Wildman–Crippen LogP) is 1.18. The molecule has 4 rings (SSSR count). The summed E-state index contributed by atoms with van der Waals surface area (Å²) >= 11 is 0. The number of fused-ring (bicyclic) bond motifs is 3. The van der Waals surface area contributed by atoms with E-state index in [1.54, 1.807) is 6.20 Å². The summed E-state index contributed by atoms with van der Waals surface area (Å²) in [7, 11) is 3.86. The van der Waals surface area contributed by atoms with Crippen molar-refractivity contribution in [2.45, 2.75) is 0 Å². The summed E-state index contributed by atoms with van der Waals surface area (Å²) in [4.78, 5) is 31.4. The quantitative estimate of drug-likeness (QED) is 0.566. The number of para-hydroxylation sites is 1. The van der Waals surface area contributed by atoms with Crippen LogP contribution in [-0.2, 0) is 0 Å². The van der Waals surface area contributed by atoms with Crippen LogP contribution in [0.3, 0.4) is 0 Å². The lowest BCUT2D eigenvalue weighted by Gasteiger charge is -2.10. The number of rotatable bonds is 4. The van der Waals surface area contributed by atoms with Crippen LogP contribution in [0.4, 0.5) is 4.79 Å². The first-order valence-electron chi connectivity index (χ1n) is 8.52. The number of benzene rings is 1. The van der Waals surface area contributed by atoms with Gasteiger partial charge in [0.25, 0.3) is 5.56 Å². The van der Waals surface area contributed by atoms with Gasteiger partial charge in [-0.2, -0.15) is 9.78 Å². The Bertz CT molecular complexity index is 1170. The van der Waals surface area contributed by atoms with Crippen LogP contribution in [0.5, 0.6) is 0 Å². The number of hydrogen-bond acceptors (Lipinski definition) is 5. The zero-order valence-electron chi connectivity index (χ0n) is 15.0. The van der Waals surface area contributed by atoms with Crippen LogP contribution in [0.15, 0.2) is 47.5 Å². The summed E-state index contributed by atoms with van der Waals surface area (Å²) in [6, 6.07) is 8.92. The van der Waals surface area contributed by atoms with Crippen molar-refractivity contribution in [1.82, 2.24) is 34.8 Å². The molecule has 0 saturated carbocycles. The Morgan fingerprint density at radius 1 is 1.19 bits per heavy atom. The van der Waals surface area contributed by atoms with Crippen LogP contribution >= 0.6 is 0 Å². The number of pyridine rings is 1. The van der Waals surface area contributed by atoms with Gasteiger partial charge in [-0.1, -0.05) is 18.2 Å². The first kappa shape index (κ1) is 17.0. The Hall–Kier alpha value is -3.46. The maximum atomic E-state index is 12.7. The maximum Gasteiger partial charge on any atom is 0.344 e. The van der Waals surface area contributed by atoms with E-state index in [9.17, 15) is 9.59 Å². The van der Waals surface area contributed by atoms with E-state index in [4.69, 9.17) is 0 Å². The molecule has 0 unspecified atom stereocenters. The van der Waals surface area contributed by atoms with Crippen LogP contribution in [-0.4, -0.2) is 62.7 Å². The van der Waals surface area contributed by atoms with E-state index in [1.165, 1.54) is 15.6 Å². The van der Waals surface area contributed by atoms with Gasteiger partial charge in [-0.3, -0.25) is 9.89 Å². The Kier molecular flexibility index (Phi) is 4.21. The molecule has 0 spiro atoms. The second kappa shape index (κ2) is 6.69. The summed E-state index contributed by atoms with van der Waals surface area (Å²) in [6.07, 6.45) is 3.02. The summed E-state index contributed by atoms with van der Waals surface area (Å²) in [5.74, 6) is 0. The lowest BCUT2D eigenvalue weighted by atomic mass is 10.2. The van der Waals surface area contributed by atoms with E-state index in [0.717, 1.165) is 12.2 Å². The predicted molar refractivity (Wildman–Crippen MR) is 102 cm³/mol. The standard InChI is InChI=1S/C18H19N7O2/c1-23(2)9-8-19-18(27)25-16-13(11-21-25)15-14(10-20-16)17(26)24(22-15)12-6-4-3-5-7-12/h3-7,10-11,22H,8-9H2,1-2H3,(H,19,27). The molecule has 2 N–H and O–H groups in total. The van der Waals surface area contributed by atoms with Gasteiger partial charge in [0.1, 0.15) is 0 Å². The Balaban J connectivity index is 1.76. The van der Waals surface area contributed by atoms with Crippen molar-refractivity contribution in [2.24, 2.45) is 0 Å². The molecule has 0 bridgehead atoms. The van der Waals surface area contributed by atoms with Gasteiger partial charge in [-0.05, 0) is 26.2 Å². The number of nitrogens with zero attached hydrogens (tertiary/aromatic N) is 5. The summed E-state index contributed by atoms with van der Waals surface area (Å²) in [6.45, 7) is 1.21. The van der Waals surface area contributed by atoms with Gasteiger partial charge >= 0.3 is 6.03 Å². The minimum absolute atomic E-state index is 0.200. The van der Waals surface area contributed by atoms with Crippen LogP contribution < -0.4 is 10.9 Å². The zero-order valence-corrected chi connectivity index (χ0v) is 15.0. The van der Waals surface area contributed by atoms with Gasteiger partial charge in [0.2, 0.25) is 0 Å². The van der Waals surface area contributed by atoms with Crippen LogP contribution in [0.25, 0.3) is 27.6 Å². The lowest BCUT2D eigenvalue weighted by molar-refractivity contribution is 0.239. The monoisotopic (exact) mass is 365 g/mol. The lowest BCUT2D eigenvalue weighted by Crippen LogP contribution is -2.34. The molecular weight excluding hydrogens is 346 g/mol. The van der Waals surface area contributed by atoms with Crippen molar-refractivity contribution in [1.29, 1.82) is 0 Å². The van der Waals surface area contributed by atoms with Gasteiger partial charge in [-0.15, -0.1) is 0 Å². The molecule has 0 aliphatic rings. The summed E-state index contributed by atoms with van der Waals surface area (Å²) in [5, 5.41) is 11.1. The first-order chi connectivity index (χ1) is 13.1. The van der Waals surface area contributed by atoms with E-state index in [2.05, 4.69) is 20.5 Å². The highest BCUT2D eigenvalue weighted by Gasteiger charge is 2.17. The van der Waals surface area contributed by atoms with Gasteiger partial charge in [0.15, 0.2) is 5.65 Å². The molecule has 0 saturated heterocycles. The van der Waals surface area contributed by atoms with Crippen LogP contribution in [0.2, 0.25) is 0 Å². The molecule has 9 nitrogen and oxygen atoms in total. The van der Waals surface area contributed by atoms with E-state index in [0.29, 0.717) is 28.5 Å². The summed E-state index contributed by atoms with van der Waals surface area (Å²) in [5.41, 5.74) is 1.52. The SMILES string of the molecule is CN(C)CCNC(=O)n1ncc2c3[nH]n(-c4ccccc4)c(=O)c3cnc21. The molecule has 27 heavy (non-hydrogen) atoms. The number of likely N-dealkylation sites (N-methyl/N-ethyl adjacent to an activating group) is 1. The average molecular weight is 365 g/mol. The molecule has 0 atom stereocenters. The topological polar surface area (TPSA) is 101 Å². The van der Waals surface area contributed by atoms with Crippen LogP contribution in [0.1, 0.15) is 0 Å². The second-order valence-corrected chi connectivity index (χ2v) is 6.46. The third kappa shape index (κ3) is 2.97. The van der Waals surface area contributed by atoms with Crippen molar-refractivity contribution >= 4 is 28.0 Å². The highest BCUT2D eigenvalue weighted by Crippen LogP contribution is 2.20. The minimum Gasteiger partial charge on any atom is -0.335 e. The molecule has 4 aromatic rings. The Morgan fingerprint density at radius 2 is 1.96 bits per heavy atom. The van der Waals surface area contributed by atoms with Crippen molar-refractivity contribution in [2.75, 3.05) is 27.2 Å². The molecular formula is C18H19N7O2. The number of carbonyl (C=O) groups is 1. The largest absolute Gasteiger partial charge is 0.344 e. The number of H-pyrrole nitrogens is 1. The van der Waals surface area contributed by atoms with Gasteiger partial charge in [0, 0.05) is 19.3 Å². The molecule has 3 aromatic heterocycles. The fourth-order valence-corrected chi connectivity index (χ4v) is 2.91. The van der Waals surface area contributed by atoms with Crippen molar-refractivity contribution in [3.05, 3.63) is 53.1 Å². The highest BCUT2D eigenvalue weighted by molar-refractivity contribution is 6.03. The molecule has 0 fully saturated rings. The molecule has 3 heterocycles. The van der Waals surface area contributed by atoms with Gasteiger partial charge < -0.3 is 10.2 Å². The molecule has 0 aliphatic carbocycles. The molecule has 0 aliphatic heterocycles. The number of aromatic amines is 1. The Morgan fingerprint density at radius 3 is 2.70 bits per heavy atom. The number of aromatic nitrogens is 5. The summed E-state index contributed by atoms with van der Waals surface area (Å²) < 4.78 is 2.67. The van der Waals surface area contributed by atoms with E-state index in [1.807, 2.05) is 49.3 Å². The maximum absolute atomic E-state index is 12.7. The second-order valence-electron chi connectivity index (χ2n) is 6.46. The van der Waals surface area contributed by atoms with E-state index < -0.39 is 0 Å². The first-order valence-corrected chi connectivity index (χ1v) is 8.52. The third-order valence-electron chi connectivity index (χ3n) is 4.30. The average Bonchev–Trinajstić information content (AvgIpc) is 3.23.